The lowest BCUT2D eigenvalue weighted by Gasteiger charge is -2.40. The van der Waals surface area contributed by atoms with E-state index in [9.17, 15) is 23.2 Å². The number of halogens is 4. The van der Waals surface area contributed by atoms with Gasteiger partial charge in [0.15, 0.2) is 0 Å². The van der Waals surface area contributed by atoms with Crippen molar-refractivity contribution < 1.29 is 27.9 Å². The van der Waals surface area contributed by atoms with Gasteiger partial charge in [0.25, 0.3) is 11.7 Å². The fraction of sp³-hybridized carbons (Fsp3) is 0.613. The predicted octanol–water partition coefficient (Wildman–Crippen LogP) is 3.76. The standard InChI is InChI=1S/C29H41BrN8O.C2HF3O2/c1-35-11-9-23(10-12-35)20-36-13-15-37(16-14-36)21-24-5-4-6-25(17-24)28(39)34-38(27-7-2-3-8-27)29(22-31)32-18-26(30)19-33-29;3-2(4,5)1(6)7/h4-6,17-19,23,27,32H,2-3,7-16,20-21H2,1H3,(H,34,39);(H,6,7). The zero-order valence-electron chi connectivity index (χ0n) is 26.0. The number of carbonyl (C=O) groups excluding carboxylic acids is 1. The molecule has 1 aromatic carbocycles. The maximum absolute atomic E-state index is 13.5. The molecule has 3 fully saturated rings. The molecule has 1 unspecified atom stereocenters. The van der Waals surface area contributed by atoms with Gasteiger partial charge in [-0.3, -0.25) is 15.1 Å². The van der Waals surface area contributed by atoms with Crippen molar-refractivity contribution in [1.82, 2.24) is 30.5 Å². The molecule has 1 aliphatic carbocycles. The number of amides is 1. The van der Waals surface area contributed by atoms with Crippen LogP contribution in [0.1, 0.15) is 54.4 Å². The Morgan fingerprint density at radius 1 is 1.13 bits per heavy atom. The first-order chi connectivity index (χ1) is 21.9. The van der Waals surface area contributed by atoms with Gasteiger partial charge in [-0.15, -0.1) is 0 Å². The summed E-state index contributed by atoms with van der Waals surface area (Å²) in [6, 6.07) is 10.2. The van der Waals surface area contributed by atoms with Gasteiger partial charge in [-0.1, -0.05) is 25.0 Å². The van der Waals surface area contributed by atoms with Crippen molar-refractivity contribution in [2.45, 2.75) is 63.1 Å². The van der Waals surface area contributed by atoms with Gasteiger partial charge in [0.05, 0.1) is 4.48 Å². The van der Waals surface area contributed by atoms with Gasteiger partial charge in [0.2, 0.25) is 0 Å². The second kappa shape index (κ2) is 16.2. The number of piperidine rings is 1. The summed E-state index contributed by atoms with van der Waals surface area (Å²) in [7, 11) is 2.22. The largest absolute Gasteiger partial charge is 0.490 e. The molecule has 46 heavy (non-hydrogen) atoms. The quantitative estimate of drug-likeness (QED) is 0.346. The Bertz CT molecular complexity index is 1300. The molecule has 1 aromatic rings. The number of benzene rings is 1. The number of hydrogen-bond donors (Lipinski definition) is 3. The average molecular weight is 712 g/mol. The summed E-state index contributed by atoms with van der Waals surface area (Å²) in [5.41, 5.74) is 4.79. The molecule has 1 amide bonds. The molecule has 4 aliphatic rings. The molecule has 1 saturated carbocycles. The van der Waals surface area contributed by atoms with Crippen LogP contribution in [0.4, 0.5) is 13.2 Å². The molecule has 3 heterocycles. The van der Waals surface area contributed by atoms with Gasteiger partial charge in [0.1, 0.15) is 6.07 Å². The number of alkyl halides is 3. The van der Waals surface area contributed by atoms with Crippen LogP contribution in [-0.4, -0.2) is 114 Å². The smallest absolute Gasteiger partial charge is 0.475 e. The lowest BCUT2D eigenvalue weighted by atomic mass is 9.96. The van der Waals surface area contributed by atoms with Crippen LogP contribution < -0.4 is 10.7 Å². The van der Waals surface area contributed by atoms with E-state index in [1.54, 1.807) is 17.4 Å². The number of aliphatic carboxylic acids is 1. The number of nitriles is 1. The number of carboxylic acid groups (broad SMARTS) is 1. The first-order valence-electron chi connectivity index (χ1n) is 15.6. The molecule has 15 heteroatoms. The maximum atomic E-state index is 13.5. The summed E-state index contributed by atoms with van der Waals surface area (Å²) in [6.45, 7) is 8.83. The van der Waals surface area contributed by atoms with Crippen molar-refractivity contribution in [3.05, 3.63) is 46.1 Å². The Hall–Kier alpha value is -3.03. The summed E-state index contributed by atoms with van der Waals surface area (Å²) in [5.74, 6) is -3.51. The number of likely N-dealkylation sites (tertiary alicyclic amines) is 1. The normalized spacial score (nSPS) is 23.6. The van der Waals surface area contributed by atoms with E-state index >= 15 is 0 Å². The molecule has 0 bridgehead atoms. The highest BCUT2D eigenvalue weighted by Gasteiger charge is 2.43. The number of rotatable bonds is 8. The van der Waals surface area contributed by atoms with Crippen LogP contribution in [0.15, 0.2) is 39.9 Å². The SMILES string of the molecule is CN1CCC(CN2CCN(Cc3cccc(C(=O)NN(C4CCCC4)C4(C#N)N=CC(Br)=CN4)c3)CC2)CC1.O=C(O)C(F)(F)F. The first-order valence-corrected chi connectivity index (χ1v) is 16.4. The van der Waals surface area contributed by atoms with E-state index < -0.39 is 17.9 Å². The Labute approximate surface area is 276 Å². The number of nitrogens with zero attached hydrogens (tertiary/aromatic N) is 6. The third kappa shape index (κ3) is 9.98. The molecule has 3 aliphatic heterocycles. The number of piperazine rings is 1. The number of carbonyl (C=O) groups is 2. The molecule has 2 saturated heterocycles. The second-order valence-electron chi connectivity index (χ2n) is 12.3. The molecular formula is C31H42BrF3N8O3. The van der Waals surface area contributed by atoms with E-state index in [0.717, 1.165) is 74.4 Å². The Balaban J connectivity index is 0.000000617. The number of allylic oxidation sites excluding steroid dienone is 1. The van der Waals surface area contributed by atoms with Gasteiger partial charge in [-0.25, -0.2) is 9.79 Å². The zero-order chi connectivity index (χ0) is 33.3. The third-order valence-corrected chi connectivity index (χ3v) is 9.29. The molecule has 252 valence electrons. The summed E-state index contributed by atoms with van der Waals surface area (Å²) in [4.78, 5) is 34.4. The van der Waals surface area contributed by atoms with Crippen LogP contribution in [0.3, 0.4) is 0 Å². The second-order valence-corrected chi connectivity index (χ2v) is 13.2. The highest BCUT2D eigenvalue weighted by molar-refractivity contribution is 9.12. The molecule has 11 nitrogen and oxygen atoms in total. The average Bonchev–Trinajstić information content (AvgIpc) is 3.57. The maximum Gasteiger partial charge on any atom is 0.490 e. The van der Waals surface area contributed by atoms with E-state index in [1.807, 2.05) is 18.2 Å². The summed E-state index contributed by atoms with van der Waals surface area (Å²) >= 11 is 3.39. The number of hydrazine groups is 1. The topological polar surface area (TPSA) is 128 Å². The van der Waals surface area contributed by atoms with Crippen LogP contribution in [0.5, 0.6) is 0 Å². The van der Waals surface area contributed by atoms with Gasteiger partial charge < -0.3 is 20.2 Å². The molecule has 5 rings (SSSR count). The molecule has 1 atom stereocenters. The van der Waals surface area contributed by atoms with E-state index in [-0.39, 0.29) is 11.9 Å². The van der Waals surface area contributed by atoms with Crippen LogP contribution in [0, 0.1) is 17.2 Å². The Morgan fingerprint density at radius 3 is 2.33 bits per heavy atom. The summed E-state index contributed by atoms with van der Waals surface area (Å²) in [6.07, 6.45) is 4.84. The number of carboxylic acids is 1. The molecule has 0 spiro atoms. The Kier molecular flexibility index (Phi) is 12.6. The van der Waals surface area contributed by atoms with Crippen molar-refractivity contribution in [2.24, 2.45) is 10.9 Å². The highest BCUT2D eigenvalue weighted by atomic mass is 79.9. The fourth-order valence-corrected chi connectivity index (χ4v) is 6.44. The highest BCUT2D eigenvalue weighted by Crippen LogP contribution is 2.29. The fourth-order valence-electron chi connectivity index (χ4n) is 6.23. The van der Waals surface area contributed by atoms with E-state index in [4.69, 9.17) is 9.90 Å². The van der Waals surface area contributed by atoms with Crippen molar-refractivity contribution in [3.63, 3.8) is 0 Å². The van der Waals surface area contributed by atoms with Crippen LogP contribution >= 0.6 is 15.9 Å². The van der Waals surface area contributed by atoms with E-state index in [1.165, 1.54) is 32.5 Å². The van der Waals surface area contributed by atoms with Gasteiger partial charge in [-0.2, -0.15) is 23.4 Å². The monoisotopic (exact) mass is 710 g/mol. The predicted molar refractivity (Wildman–Crippen MR) is 171 cm³/mol. The minimum absolute atomic E-state index is 0.0394. The number of hydrogen-bond acceptors (Lipinski definition) is 9. The van der Waals surface area contributed by atoms with Crippen molar-refractivity contribution in [2.75, 3.05) is 52.9 Å². The molecule has 3 N–H and O–H groups in total. The van der Waals surface area contributed by atoms with Crippen molar-refractivity contribution in [3.8, 4) is 6.07 Å². The number of nitrogens with one attached hydrogen (secondary N) is 2. The summed E-state index contributed by atoms with van der Waals surface area (Å²) in [5, 5.41) is 22.1. The Morgan fingerprint density at radius 2 is 1.76 bits per heavy atom. The van der Waals surface area contributed by atoms with Gasteiger partial charge >= 0.3 is 12.1 Å². The van der Waals surface area contributed by atoms with Crippen LogP contribution in [-0.2, 0) is 11.3 Å². The molecule has 0 aromatic heterocycles. The summed E-state index contributed by atoms with van der Waals surface area (Å²) < 4.78 is 32.5. The molecule has 0 radical (unpaired) electrons. The van der Waals surface area contributed by atoms with Gasteiger partial charge in [0, 0.05) is 63.3 Å². The molecular weight excluding hydrogens is 669 g/mol. The first kappa shape index (κ1) is 35.8. The minimum atomic E-state index is -5.08. The third-order valence-electron chi connectivity index (χ3n) is 8.86. The minimum Gasteiger partial charge on any atom is -0.475 e. The van der Waals surface area contributed by atoms with Crippen molar-refractivity contribution >= 4 is 34.0 Å². The van der Waals surface area contributed by atoms with Crippen molar-refractivity contribution in [1.29, 1.82) is 5.26 Å². The lowest BCUT2D eigenvalue weighted by molar-refractivity contribution is -0.192. The van der Waals surface area contributed by atoms with Gasteiger partial charge in [-0.05, 0) is 85.4 Å². The van der Waals surface area contributed by atoms with E-state index in [0.29, 0.717) is 5.56 Å². The van der Waals surface area contributed by atoms with Crippen LogP contribution in [0.25, 0.3) is 0 Å². The van der Waals surface area contributed by atoms with Crippen LogP contribution in [0.2, 0.25) is 0 Å². The lowest BCUT2D eigenvalue weighted by Crippen LogP contribution is -2.65. The number of aliphatic imine (C=N–C) groups is 1. The zero-order valence-corrected chi connectivity index (χ0v) is 27.6. The van der Waals surface area contributed by atoms with E-state index in [2.05, 4.69) is 65.5 Å².